The number of nitrogens with two attached hydrogens (primary N) is 1. The highest BCUT2D eigenvalue weighted by Gasteiger charge is 2.36. The molecule has 98 valence electrons. The molecule has 0 bridgehead atoms. The van der Waals surface area contributed by atoms with Crippen LogP contribution < -0.4 is 11.1 Å². The van der Waals surface area contributed by atoms with E-state index in [1.165, 1.54) is 5.56 Å². The zero-order valence-electron chi connectivity index (χ0n) is 10.7. The van der Waals surface area contributed by atoms with Crippen LogP contribution in [0.2, 0.25) is 0 Å². The summed E-state index contributed by atoms with van der Waals surface area (Å²) in [5, 5.41) is 3.36. The summed E-state index contributed by atoms with van der Waals surface area (Å²) in [7, 11) is 0. The maximum atomic E-state index is 11.6. The lowest BCUT2D eigenvalue weighted by Crippen LogP contribution is -2.56. The van der Waals surface area contributed by atoms with Gasteiger partial charge in [0.2, 0.25) is 5.91 Å². The van der Waals surface area contributed by atoms with Crippen LogP contribution in [0.4, 0.5) is 0 Å². The number of hydrogen-bond acceptors (Lipinski definition) is 3. The van der Waals surface area contributed by atoms with E-state index in [1.807, 2.05) is 25.1 Å². The second-order valence-electron chi connectivity index (χ2n) is 5.09. The Morgan fingerprint density at radius 2 is 2.11 bits per heavy atom. The van der Waals surface area contributed by atoms with E-state index in [0.29, 0.717) is 11.8 Å². The van der Waals surface area contributed by atoms with E-state index in [0.717, 1.165) is 18.6 Å². The predicted octanol–water partition coefficient (Wildman–Crippen LogP) is 1.92. The van der Waals surface area contributed by atoms with Crippen LogP contribution in [0.15, 0.2) is 30.3 Å². The fourth-order valence-electron chi connectivity index (χ4n) is 1.81. The second-order valence-corrected chi connectivity index (χ2v) is 6.08. The molecule has 1 amide bonds. The van der Waals surface area contributed by atoms with Crippen LogP contribution in [-0.2, 0) is 10.5 Å². The van der Waals surface area contributed by atoms with E-state index < -0.39 is 5.54 Å². The number of carbonyl (C=O) groups is 1. The van der Waals surface area contributed by atoms with Gasteiger partial charge in [-0.1, -0.05) is 30.3 Å². The van der Waals surface area contributed by atoms with E-state index >= 15 is 0 Å². The van der Waals surface area contributed by atoms with Crippen molar-refractivity contribution in [3.63, 3.8) is 0 Å². The molecule has 1 unspecified atom stereocenters. The van der Waals surface area contributed by atoms with Crippen LogP contribution in [0.25, 0.3) is 0 Å². The number of thioether (sulfide) groups is 1. The Kier molecular flexibility index (Phi) is 4.30. The summed E-state index contributed by atoms with van der Waals surface area (Å²) >= 11 is 1.75. The SMILES string of the molecule is CC(CSCc1ccccc1)(NC1CC1)C(N)=O. The summed E-state index contributed by atoms with van der Waals surface area (Å²) < 4.78 is 0. The van der Waals surface area contributed by atoms with Crippen molar-refractivity contribution in [3.8, 4) is 0 Å². The van der Waals surface area contributed by atoms with Gasteiger partial charge in [0.1, 0.15) is 5.54 Å². The lowest BCUT2D eigenvalue weighted by Gasteiger charge is -2.27. The molecule has 0 aromatic heterocycles. The van der Waals surface area contributed by atoms with Crippen molar-refractivity contribution in [2.75, 3.05) is 5.75 Å². The molecule has 1 saturated carbocycles. The van der Waals surface area contributed by atoms with Crippen molar-refractivity contribution in [1.29, 1.82) is 0 Å². The molecule has 0 heterocycles. The Bertz CT molecular complexity index is 406. The minimum atomic E-state index is -0.583. The zero-order chi connectivity index (χ0) is 13.0. The van der Waals surface area contributed by atoms with Gasteiger partial charge in [-0.05, 0) is 25.3 Å². The van der Waals surface area contributed by atoms with Gasteiger partial charge in [-0.3, -0.25) is 4.79 Å². The number of amides is 1. The first-order valence-electron chi connectivity index (χ1n) is 6.29. The van der Waals surface area contributed by atoms with Gasteiger partial charge in [-0.15, -0.1) is 0 Å². The second kappa shape index (κ2) is 5.76. The van der Waals surface area contributed by atoms with Crippen LogP contribution in [0.3, 0.4) is 0 Å². The molecule has 0 aliphatic heterocycles. The van der Waals surface area contributed by atoms with Gasteiger partial charge in [0, 0.05) is 17.5 Å². The Balaban J connectivity index is 1.84. The van der Waals surface area contributed by atoms with E-state index in [2.05, 4.69) is 17.4 Å². The molecule has 1 aromatic carbocycles. The molecule has 0 spiro atoms. The monoisotopic (exact) mass is 264 g/mol. The van der Waals surface area contributed by atoms with Crippen LogP contribution in [0.5, 0.6) is 0 Å². The van der Waals surface area contributed by atoms with Crippen LogP contribution in [0, 0.1) is 0 Å². The van der Waals surface area contributed by atoms with Crippen molar-refractivity contribution in [2.45, 2.75) is 37.1 Å². The van der Waals surface area contributed by atoms with Gasteiger partial charge in [0.15, 0.2) is 0 Å². The first-order valence-corrected chi connectivity index (χ1v) is 7.45. The maximum Gasteiger partial charge on any atom is 0.238 e. The molecular formula is C14H20N2OS. The maximum absolute atomic E-state index is 11.6. The smallest absolute Gasteiger partial charge is 0.238 e. The van der Waals surface area contributed by atoms with Crippen molar-refractivity contribution in [3.05, 3.63) is 35.9 Å². The van der Waals surface area contributed by atoms with Crippen molar-refractivity contribution < 1.29 is 4.79 Å². The Hall–Kier alpha value is -1.00. The molecule has 0 saturated heterocycles. The molecule has 1 aliphatic carbocycles. The Morgan fingerprint density at radius 1 is 1.44 bits per heavy atom. The molecule has 1 aromatic rings. The highest BCUT2D eigenvalue weighted by atomic mass is 32.2. The highest BCUT2D eigenvalue weighted by Crippen LogP contribution is 2.25. The number of primary amides is 1. The van der Waals surface area contributed by atoms with Crippen LogP contribution >= 0.6 is 11.8 Å². The summed E-state index contributed by atoms with van der Waals surface area (Å²) in [6, 6.07) is 10.8. The highest BCUT2D eigenvalue weighted by molar-refractivity contribution is 7.98. The van der Waals surface area contributed by atoms with Crippen molar-refractivity contribution in [1.82, 2.24) is 5.32 Å². The fraction of sp³-hybridized carbons (Fsp3) is 0.500. The van der Waals surface area contributed by atoms with Gasteiger partial charge in [0.25, 0.3) is 0 Å². The quantitative estimate of drug-likeness (QED) is 0.791. The number of nitrogens with one attached hydrogen (secondary N) is 1. The van der Waals surface area contributed by atoms with E-state index in [4.69, 9.17) is 5.73 Å². The summed E-state index contributed by atoms with van der Waals surface area (Å²) in [5.74, 6) is 1.37. The number of rotatable bonds is 7. The molecule has 1 fully saturated rings. The summed E-state index contributed by atoms with van der Waals surface area (Å²) in [5.41, 5.74) is 6.21. The van der Waals surface area contributed by atoms with Gasteiger partial charge in [-0.2, -0.15) is 11.8 Å². The van der Waals surface area contributed by atoms with Crippen molar-refractivity contribution >= 4 is 17.7 Å². The first-order chi connectivity index (χ1) is 8.60. The molecule has 1 aliphatic rings. The Labute approximate surface area is 113 Å². The number of hydrogen-bond donors (Lipinski definition) is 2. The Morgan fingerprint density at radius 3 is 2.67 bits per heavy atom. The van der Waals surface area contributed by atoms with E-state index in [-0.39, 0.29) is 5.91 Å². The fourth-order valence-corrected chi connectivity index (χ4v) is 2.97. The van der Waals surface area contributed by atoms with E-state index in [9.17, 15) is 4.79 Å². The van der Waals surface area contributed by atoms with Crippen molar-refractivity contribution in [2.24, 2.45) is 5.73 Å². The number of carbonyl (C=O) groups excluding carboxylic acids is 1. The predicted molar refractivity (Wildman–Crippen MR) is 76.4 cm³/mol. The van der Waals surface area contributed by atoms with Gasteiger partial charge in [-0.25, -0.2) is 0 Å². The standard InChI is InChI=1S/C14H20N2OS/c1-14(13(15)17,16-12-7-8-12)10-18-9-11-5-3-2-4-6-11/h2-6,12,16H,7-10H2,1H3,(H2,15,17). The first kappa shape index (κ1) is 13.4. The molecular weight excluding hydrogens is 244 g/mol. The van der Waals surface area contributed by atoms with Gasteiger partial charge >= 0.3 is 0 Å². The molecule has 1 atom stereocenters. The van der Waals surface area contributed by atoms with Crippen LogP contribution in [0.1, 0.15) is 25.3 Å². The van der Waals surface area contributed by atoms with Crippen LogP contribution in [-0.4, -0.2) is 23.2 Å². The number of benzene rings is 1. The minimum absolute atomic E-state index is 0.255. The zero-order valence-corrected chi connectivity index (χ0v) is 11.5. The van der Waals surface area contributed by atoms with Gasteiger partial charge in [0.05, 0.1) is 0 Å². The largest absolute Gasteiger partial charge is 0.368 e. The third-order valence-corrected chi connectivity index (χ3v) is 4.47. The van der Waals surface area contributed by atoms with E-state index in [1.54, 1.807) is 11.8 Å². The lowest BCUT2D eigenvalue weighted by atomic mass is 10.1. The topological polar surface area (TPSA) is 55.1 Å². The average molecular weight is 264 g/mol. The molecule has 3 nitrogen and oxygen atoms in total. The summed E-state index contributed by atoms with van der Waals surface area (Å²) in [6.07, 6.45) is 2.32. The summed E-state index contributed by atoms with van der Waals surface area (Å²) in [4.78, 5) is 11.6. The molecule has 2 rings (SSSR count). The minimum Gasteiger partial charge on any atom is -0.368 e. The molecule has 0 radical (unpaired) electrons. The normalized spacial score (nSPS) is 18.3. The third kappa shape index (κ3) is 3.75. The van der Waals surface area contributed by atoms with Gasteiger partial charge < -0.3 is 11.1 Å². The molecule has 4 heteroatoms. The average Bonchev–Trinajstić information content (AvgIpc) is 3.14. The lowest BCUT2D eigenvalue weighted by molar-refractivity contribution is -0.123. The third-order valence-electron chi connectivity index (χ3n) is 3.15. The molecule has 18 heavy (non-hydrogen) atoms. The molecule has 3 N–H and O–H groups in total. The summed E-state index contributed by atoms with van der Waals surface area (Å²) in [6.45, 7) is 1.91.